The zero-order valence-electron chi connectivity index (χ0n) is 13.4. The Hall–Kier alpha value is -1.95. The lowest BCUT2D eigenvalue weighted by Gasteiger charge is -2.38. The Labute approximate surface area is 144 Å². The maximum absolute atomic E-state index is 13.0. The van der Waals surface area contributed by atoms with Crippen LogP contribution in [-0.4, -0.2) is 42.0 Å². The van der Waals surface area contributed by atoms with Gasteiger partial charge in [0.15, 0.2) is 0 Å². The van der Waals surface area contributed by atoms with Crippen molar-refractivity contribution >= 4 is 22.9 Å². The van der Waals surface area contributed by atoms with E-state index < -0.39 is 0 Å². The van der Waals surface area contributed by atoms with Crippen LogP contribution in [0.15, 0.2) is 29.8 Å². The fourth-order valence-electron chi connectivity index (χ4n) is 3.61. The quantitative estimate of drug-likeness (QED) is 0.840. The molecular weight excluding hydrogens is 325 g/mol. The Balaban J connectivity index is 1.36. The number of benzene rings is 1. The maximum Gasteiger partial charge on any atom is 0.226 e. The van der Waals surface area contributed by atoms with E-state index in [1.54, 1.807) is 23.5 Å². The summed E-state index contributed by atoms with van der Waals surface area (Å²) in [6, 6.07) is 6.58. The van der Waals surface area contributed by atoms with E-state index in [1.807, 2.05) is 10.4 Å². The van der Waals surface area contributed by atoms with Crippen LogP contribution >= 0.6 is 11.3 Å². The zero-order chi connectivity index (χ0) is 16.5. The molecule has 1 aliphatic heterocycles. The lowest BCUT2D eigenvalue weighted by molar-refractivity contribution is -0.136. The number of thiazole rings is 1. The van der Waals surface area contributed by atoms with E-state index in [0.29, 0.717) is 0 Å². The van der Waals surface area contributed by atoms with Gasteiger partial charge in [-0.25, -0.2) is 9.37 Å². The molecule has 4 rings (SSSR count). The van der Waals surface area contributed by atoms with Crippen LogP contribution < -0.4 is 4.90 Å². The lowest BCUT2D eigenvalue weighted by Crippen LogP contribution is -2.51. The average Bonchev–Trinajstić information content (AvgIpc) is 3.09. The van der Waals surface area contributed by atoms with Crippen molar-refractivity contribution in [1.82, 2.24) is 9.88 Å². The number of anilines is 1. The number of rotatable bonds is 2. The number of piperazine rings is 1. The predicted octanol–water partition coefficient (Wildman–Crippen LogP) is 2.74. The second kappa shape index (κ2) is 6.51. The van der Waals surface area contributed by atoms with Gasteiger partial charge < -0.3 is 9.80 Å². The molecule has 4 nitrogen and oxygen atoms in total. The summed E-state index contributed by atoms with van der Waals surface area (Å²) in [5.41, 5.74) is 4.10. The molecule has 1 unspecified atom stereocenters. The Morgan fingerprint density at radius 2 is 1.92 bits per heavy atom. The van der Waals surface area contributed by atoms with Crippen molar-refractivity contribution in [1.29, 1.82) is 0 Å². The largest absolute Gasteiger partial charge is 0.368 e. The first kappa shape index (κ1) is 15.6. The van der Waals surface area contributed by atoms with Gasteiger partial charge in [-0.3, -0.25) is 4.79 Å². The Bertz CT molecular complexity index is 722. The molecule has 0 bridgehead atoms. The highest BCUT2D eigenvalue weighted by Crippen LogP contribution is 2.29. The molecule has 0 spiro atoms. The van der Waals surface area contributed by atoms with Crippen LogP contribution in [0.4, 0.5) is 10.1 Å². The molecule has 0 saturated carbocycles. The van der Waals surface area contributed by atoms with Gasteiger partial charge in [0.2, 0.25) is 5.91 Å². The van der Waals surface area contributed by atoms with Crippen molar-refractivity contribution in [2.45, 2.75) is 19.3 Å². The highest BCUT2D eigenvalue weighted by molar-refractivity contribution is 7.09. The predicted molar refractivity (Wildman–Crippen MR) is 92.8 cm³/mol. The van der Waals surface area contributed by atoms with Gasteiger partial charge in [0, 0.05) is 42.7 Å². The number of aromatic nitrogens is 1. The van der Waals surface area contributed by atoms with Crippen LogP contribution in [0.1, 0.15) is 17.0 Å². The molecule has 2 heterocycles. The molecule has 24 heavy (non-hydrogen) atoms. The molecule has 0 N–H and O–H groups in total. The summed E-state index contributed by atoms with van der Waals surface area (Å²) in [5.74, 6) is 0.176. The Morgan fingerprint density at radius 3 is 2.67 bits per heavy atom. The molecule has 0 radical (unpaired) electrons. The maximum atomic E-state index is 13.0. The van der Waals surface area contributed by atoms with Gasteiger partial charge in [-0.05, 0) is 43.5 Å². The molecule has 2 aliphatic rings. The first-order valence-corrected chi connectivity index (χ1v) is 9.29. The normalized spacial score (nSPS) is 20.8. The first-order chi connectivity index (χ1) is 11.7. The first-order valence-electron chi connectivity index (χ1n) is 8.41. The number of halogens is 1. The molecule has 1 atom stereocenters. The fourth-order valence-corrected chi connectivity index (χ4v) is 4.50. The molecular formula is C18H20FN3OS. The summed E-state index contributed by atoms with van der Waals surface area (Å²) in [7, 11) is 0. The smallest absolute Gasteiger partial charge is 0.226 e. The minimum absolute atomic E-state index is 0.107. The van der Waals surface area contributed by atoms with Crippen molar-refractivity contribution in [3.05, 3.63) is 46.2 Å². The fraction of sp³-hybridized carbons (Fsp3) is 0.444. The third-order valence-electron chi connectivity index (χ3n) is 5.02. The van der Waals surface area contributed by atoms with Crippen LogP contribution in [0.2, 0.25) is 0 Å². The van der Waals surface area contributed by atoms with Gasteiger partial charge in [-0.1, -0.05) is 0 Å². The van der Waals surface area contributed by atoms with E-state index in [0.717, 1.165) is 51.1 Å². The highest BCUT2D eigenvalue weighted by atomic mass is 32.1. The van der Waals surface area contributed by atoms with Crippen molar-refractivity contribution in [2.75, 3.05) is 31.1 Å². The standard InChI is InChI=1S/C18H20FN3OS/c19-14-2-4-15(5-3-14)21-7-9-22(10-8-21)18(23)13-1-6-16-17(11-13)24-12-20-16/h2-5,12-13H,1,6-11H2. The van der Waals surface area contributed by atoms with E-state index in [4.69, 9.17) is 0 Å². The van der Waals surface area contributed by atoms with Crippen LogP contribution in [0.3, 0.4) is 0 Å². The van der Waals surface area contributed by atoms with Gasteiger partial charge in [0.25, 0.3) is 0 Å². The van der Waals surface area contributed by atoms with Crippen LogP contribution in [-0.2, 0) is 17.6 Å². The number of fused-ring (bicyclic) bond motifs is 1. The summed E-state index contributed by atoms with van der Waals surface area (Å²) in [6.07, 6.45) is 2.68. The van der Waals surface area contributed by atoms with E-state index in [-0.39, 0.29) is 17.6 Å². The monoisotopic (exact) mass is 345 g/mol. The Morgan fingerprint density at radius 1 is 1.17 bits per heavy atom. The number of carbonyl (C=O) groups excluding carboxylic acids is 1. The second-order valence-electron chi connectivity index (χ2n) is 6.45. The lowest BCUT2D eigenvalue weighted by atomic mass is 9.90. The molecule has 1 amide bonds. The summed E-state index contributed by atoms with van der Waals surface area (Å²) in [5, 5.41) is 0. The van der Waals surface area contributed by atoms with Crippen molar-refractivity contribution in [3.63, 3.8) is 0 Å². The van der Waals surface area contributed by atoms with E-state index in [1.165, 1.54) is 22.7 Å². The highest BCUT2D eigenvalue weighted by Gasteiger charge is 2.31. The van der Waals surface area contributed by atoms with Crippen LogP contribution in [0, 0.1) is 11.7 Å². The number of amides is 1. The molecule has 1 saturated heterocycles. The number of hydrogen-bond acceptors (Lipinski definition) is 4. The average molecular weight is 345 g/mol. The van der Waals surface area contributed by atoms with Crippen molar-refractivity contribution < 1.29 is 9.18 Å². The van der Waals surface area contributed by atoms with Crippen molar-refractivity contribution in [3.8, 4) is 0 Å². The van der Waals surface area contributed by atoms with Gasteiger partial charge >= 0.3 is 0 Å². The van der Waals surface area contributed by atoms with Crippen LogP contribution in [0.25, 0.3) is 0 Å². The molecule has 2 aromatic rings. The van der Waals surface area contributed by atoms with Crippen molar-refractivity contribution in [2.24, 2.45) is 5.92 Å². The molecule has 6 heteroatoms. The van der Waals surface area contributed by atoms with E-state index in [9.17, 15) is 9.18 Å². The minimum atomic E-state index is -0.215. The van der Waals surface area contributed by atoms with E-state index in [2.05, 4.69) is 9.88 Å². The summed E-state index contributed by atoms with van der Waals surface area (Å²) in [6.45, 7) is 3.08. The molecule has 1 aromatic heterocycles. The number of nitrogens with zero attached hydrogens (tertiary/aromatic N) is 3. The summed E-state index contributed by atoms with van der Waals surface area (Å²) in [4.78, 5) is 22.7. The minimum Gasteiger partial charge on any atom is -0.368 e. The molecule has 126 valence electrons. The van der Waals surface area contributed by atoms with Gasteiger partial charge in [-0.2, -0.15) is 0 Å². The zero-order valence-corrected chi connectivity index (χ0v) is 14.3. The molecule has 1 fully saturated rings. The molecule has 1 aromatic carbocycles. The number of aryl methyl sites for hydroxylation is 1. The van der Waals surface area contributed by atoms with Crippen LogP contribution in [0.5, 0.6) is 0 Å². The Kier molecular flexibility index (Phi) is 4.22. The van der Waals surface area contributed by atoms with Gasteiger partial charge in [0.05, 0.1) is 11.2 Å². The number of hydrogen-bond donors (Lipinski definition) is 0. The topological polar surface area (TPSA) is 36.4 Å². The van der Waals surface area contributed by atoms with Gasteiger partial charge in [0.1, 0.15) is 5.82 Å². The summed E-state index contributed by atoms with van der Waals surface area (Å²) < 4.78 is 13.0. The SMILES string of the molecule is O=C(C1CCc2ncsc2C1)N1CCN(c2ccc(F)cc2)CC1. The summed E-state index contributed by atoms with van der Waals surface area (Å²) >= 11 is 1.67. The third kappa shape index (κ3) is 3.02. The number of carbonyl (C=O) groups is 1. The van der Waals surface area contributed by atoms with Gasteiger partial charge in [-0.15, -0.1) is 11.3 Å². The third-order valence-corrected chi connectivity index (χ3v) is 5.92. The van der Waals surface area contributed by atoms with E-state index >= 15 is 0 Å². The molecule has 1 aliphatic carbocycles. The second-order valence-corrected chi connectivity index (χ2v) is 7.39.